The number of amides is 2. The summed E-state index contributed by atoms with van der Waals surface area (Å²) in [6, 6.07) is 16.1. The van der Waals surface area contributed by atoms with E-state index in [0.29, 0.717) is 25.1 Å². The number of carbonyl (C=O) groups is 2. The molecule has 0 unspecified atom stereocenters. The molecule has 1 aliphatic rings. The predicted molar refractivity (Wildman–Crippen MR) is 127 cm³/mol. The highest BCUT2D eigenvalue weighted by Crippen LogP contribution is 2.15. The number of rotatable bonds is 12. The molecule has 0 radical (unpaired) electrons. The zero-order valence-electron chi connectivity index (χ0n) is 19.0. The van der Waals surface area contributed by atoms with Gasteiger partial charge in [-0.1, -0.05) is 43.7 Å². The normalized spacial score (nSPS) is 14.7. The molecule has 1 saturated heterocycles. The van der Waals surface area contributed by atoms with E-state index in [1.807, 2.05) is 42.5 Å². The maximum Gasteiger partial charge on any atom is 0.251 e. The monoisotopic (exact) mass is 437 g/mol. The van der Waals surface area contributed by atoms with Gasteiger partial charge in [-0.05, 0) is 62.2 Å². The van der Waals surface area contributed by atoms with Crippen LogP contribution in [0.25, 0.3) is 0 Å². The van der Waals surface area contributed by atoms with Crippen LogP contribution in [-0.2, 0) is 11.2 Å². The van der Waals surface area contributed by atoms with Gasteiger partial charge in [-0.3, -0.25) is 14.5 Å². The summed E-state index contributed by atoms with van der Waals surface area (Å²) >= 11 is 0. The van der Waals surface area contributed by atoms with Crippen molar-refractivity contribution in [2.75, 3.05) is 32.8 Å². The van der Waals surface area contributed by atoms with Crippen molar-refractivity contribution in [2.24, 2.45) is 0 Å². The predicted octanol–water partition coefficient (Wildman–Crippen LogP) is 3.42. The van der Waals surface area contributed by atoms with Crippen LogP contribution in [0.1, 0.15) is 48.5 Å². The Morgan fingerprint density at radius 2 is 1.75 bits per heavy atom. The highest BCUT2D eigenvalue weighted by molar-refractivity contribution is 5.97. The van der Waals surface area contributed by atoms with E-state index in [0.717, 1.165) is 30.7 Å². The van der Waals surface area contributed by atoms with Gasteiger partial charge in [0.05, 0.1) is 0 Å². The summed E-state index contributed by atoms with van der Waals surface area (Å²) in [6.07, 6.45) is 4.89. The minimum absolute atomic E-state index is 0.159. The number of hydrogen-bond donors (Lipinski definition) is 2. The lowest BCUT2D eigenvalue weighted by Crippen LogP contribution is -2.48. The van der Waals surface area contributed by atoms with Crippen molar-refractivity contribution in [1.29, 1.82) is 0 Å². The summed E-state index contributed by atoms with van der Waals surface area (Å²) in [4.78, 5) is 27.8. The van der Waals surface area contributed by atoms with E-state index in [1.165, 1.54) is 25.9 Å². The number of ether oxygens (including phenoxy) is 1. The molecular weight excluding hydrogens is 402 g/mol. The Labute approximate surface area is 191 Å². The lowest BCUT2D eigenvalue weighted by atomic mass is 10.0. The highest BCUT2D eigenvalue weighted by Gasteiger charge is 2.21. The van der Waals surface area contributed by atoms with Crippen LogP contribution in [0.3, 0.4) is 0 Å². The number of hydrogen-bond acceptors (Lipinski definition) is 4. The van der Waals surface area contributed by atoms with Crippen LogP contribution in [0.2, 0.25) is 0 Å². The smallest absolute Gasteiger partial charge is 0.251 e. The fourth-order valence-corrected chi connectivity index (χ4v) is 3.81. The number of nitrogens with one attached hydrogen (secondary N) is 2. The first-order valence-electron chi connectivity index (χ1n) is 11.7. The van der Waals surface area contributed by atoms with E-state index < -0.39 is 6.04 Å². The lowest BCUT2D eigenvalue weighted by molar-refractivity contribution is -0.122. The van der Waals surface area contributed by atoms with Crippen LogP contribution in [0.5, 0.6) is 5.75 Å². The molecular formula is C26H35N3O3. The largest absolute Gasteiger partial charge is 0.492 e. The van der Waals surface area contributed by atoms with E-state index in [4.69, 9.17) is 4.74 Å². The van der Waals surface area contributed by atoms with Crippen molar-refractivity contribution in [3.8, 4) is 5.75 Å². The molecule has 3 rings (SSSR count). The Balaban J connectivity index is 1.57. The van der Waals surface area contributed by atoms with E-state index in [-0.39, 0.29) is 11.8 Å². The molecule has 1 heterocycles. The second-order valence-electron chi connectivity index (χ2n) is 8.28. The van der Waals surface area contributed by atoms with Crippen LogP contribution < -0.4 is 15.4 Å². The van der Waals surface area contributed by atoms with Crippen LogP contribution >= 0.6 is 0 Å². The second-order valence-corrected chi connectivity index (χ2v) is 8.28. The Hall–Kier alpha value is -2.86. The molecule has 32 heavy (non-hydrogen) atoms. The van der Waals surface area contributed by atoms with Gasteiger partial charge in [-0.15, -0.1) is 0 Å². The average molecular weight is 438 g/mol. The molecule has 1 aliphatic heterocycles. The number of benzene rings is 2. The molecule has 0 aromatic heterocycles. The Morgan fingerprint density at radius 3 is 2.44 bits per heavy atom. The van der Waals surface area contributed by atoms with Gasteiger partial charge >= 0.3 is 0 Å². The maximum absolute atomic E-state index is 12.8. The van der Waals surface area contributed by atoms with Crippen molar-refractivity contribution in [3.05, 3.63) is 65.7 Å². The highest BCUT2D eigenvalue weighted by atomic mass is 16.5. The first-order valence-corrected chi connectivity index (χ1v) is 11.7. The zero-order chi connectivity index (χ0) is 22.6. The number of nitrogens with zero attached hydrogens (tertiary/aromatic N) is 1. The third kappa shape index (κ3) is 7.68. The first kappa shape index (κ1) is 23.8. The lowest BCUT2D eigenvalue weighted by Gasteiger charge is -2.19. The topological polar surface area (TPSA) is 70.7 Å². The van der Waals surface area contributed by atoms with E-state index >= 15 is 0 Å². The summed E-state index contributed by atoms with van der Waals surface area (Å²) in [7, 11) is 0. The van der Waals surface area contributed by atoms with Gasteiger partial charge in [0.2, 0.25) is 5.91 Å². The van der Waals surface area contributed by atoms with Crippen LogP contribution in [0, 0.1) is 0 Å². The molecule has 2 aromatic rings. The molecule has 6 nitrogen and oxygen atoms in total. The van der Waals surface area contributed by atoms with Gasteiger partial charge in [0.25, 0.3) is 5.91 Å². The molecule has 2 amide bonds. The van der Waals surface area contributed by atoms with E-state index in [9.17, 15) is 9.59 Å². The maximum atomic E-state index is 12.8. The summed E-state index contributed by atoms with van der Waals surface area (Å²) in [5.74, 6) is 0.419. The summed E-state index contributed by atoms with van der Waals surface area (Å²) in [5, 5.41) is 5.84. The summed E-state index contributed by atoms with van der Waals surface area (Å²) < 4.78 is 5.87. The zero-order valence-corrected chi connectivity index (χ0v) is 19.0. The van der Waals surface area contributed by atoms with Crippen molar-refractivity contribution in [2.45, 2.75) is 45.1 Å². The summed E-state index contributed by atoms with van der Waals surface area (Å²) in [6.45, 7) is 6.64. The van der Waals surface area contributed by atoms with Crippen LogP contribution in [0.4, 0.5) is 0 Å². The van der Waals surface area contributed by atoms with Crippen LogP contribution in [-0.4, -0.2) is 55.5 Å². The molecule has 2 N–H and O–H groups in total. The fraction of sp³-hybridized carbons (Fsp3) is 0.462. The molecule has 2 aromatic carbocycles. The standard InChI is InChI=1S/C26H35N3O3/c1-2-3-15-27-26(31)24(28-25(30)22-9-5-4-6-10-22)20-21-11-13-23(14-12-21)32-19-18-29-16-7-8-17-29/h4-6,9-14,24H,2-3,7-8,15-20H2,1H3,(H,27,31)(H,28,30)/t24-/m0/s1. The quantitative estimate of drug-likeness (QED) is 0.499. The van der Waals surface area contributed by atoms with Gasteiger partial charge in [-0.25, -0.2) is 0 Å². The van der Waals surface area contributed by atoms with Crippen molar-refractivity contribution < 1.29 is 14.3 Å². The molecule has 1 atom stereocenters. The second kappa shape index (κ2) is 12.9. The van der Waals surface area contributed by atoms with Gasteiger partial charge < -0.3 is 15.4 Å². The molecule has 0 spiro atoms. The molecule has 1 fully saturated rings. The van der Waals surface area contributed by atoms with Crippen LogP contribution in [0.15, 0.2) is 54.6 Å². The molecule has 0 bridgehead atoms. The Bertz CT molecular complexity index is 833. The SMILES string of the molecule is CCCCNC(=O)[C@H](Cc1ccc(OCCN2CCCC2)cc1)NC(=O)c1ccccc1. The van der Waals surface area contributed by atoms with Crippen molar-refractivity contribution in [1.82, 2.24) is 15.5 Å². The van der Waals surface area contributed by atoms with Gasteiger partial charge in [0.15, 0.2) is 0 Å². The van der Waals surface area contributed by atoms with Gasteiger partial charge in [0.1, 0.15) is 18.4 Å². The molecule has 0 saturated carbocycles. The Morgan fingerprint density at radius 1 is 1.03 bits per heavy atom. The minimum atomic E-state index is -0.638. The number of likely N-dealkylation sites (tertiary alicyclic amines) is 1. The van der Waals surface area contributed by atoms with E-state index in [2.05, 4.69) is 22.5 Å². The number of unbranched alkanes of at least 4 members (excludes halogenated alkanes) is 1. The minimum Gasteiger partial charge on any atom is -0.492 e. The first-order chi connectivity index (χ1) is 15.7. The Kier molecular flexibility index (Phi) is 9.57. The average Bonchev–Trinajstić information content (AvgIpc) is 3.34. The summed E-state index contributed by atoms with van der Waals surface area (Å²) in [5.41, 5.74) is 1.52. The molecule has 0 aliphatic carbocycles. The number of carbonyl (C=O) groups excluding carboxylic acids is 2. The van der Waals surface area contributed by atoms with Gasteiger partial charge in [0, 0.05) is 25.1 Å². The van der Waals surface area contributed by atoms with Gasteiger partial charge in [-0.2, -0.15) is 0 Å². The molecule has 6 heteroatoms. The third-order valence-electron chi connectivity index (χ3n) is 5.73. The fourth-order valence-electron chi connectivity index (χ4n) is 3.81. The van der Waals surface area contributed by atoms with Crippen molar-refractivity contribution in [3.63, 3.8) is 0 Å². The van der Waals surface area contributed by atoms with E-state index in [1.54, 1.807) is 12.1 Å². The third-order valence-corrected chi connectivity index (χ3v) is 5.73. The molecule has 172 valence electrons. The van der Waals surface area contributed by atoms with Crippen molar-refractivity contribution >= 4 is 11.8 Å².